The highest BCUT2D eigenvalue weighted by molar-refractivity contribution is 9.10. The molecule has 0 aliphatic heterocycles. The molecule has 1 aromatic rings. The Kier molecular flexibility index (Phi) is 2.25. The van der Waals surface area contributed by atoms with Gasteiger partial charge in [-0.1, -0.05) is 6.07 Å². The Morgan fingerprint density at radius 2 is 2.40 bits per heavy atom. The number of halogens is 1. The zero-order chi connectivity index (χ0) is 7.40. The monoisotopic (exact) mass is 198 g/mol. The molecule has 0 spiro atoms. The van der Waals surface area contributed by atoms with Gasteiger partial charge >= 0.3 is 0 Å². The van der Waals surface area contributed by atoms with Gasteiger partial charge in [0.15, 0.2) is 0 Å². The van der Waals surface area contributed by atoms with Crippen LogP contribution in [-0.4, -0.2) is 4.98 Å². The van der Waals surface area contributed by atoms with Gasteiger partial charge < -0.3 is 0 Å². The van der Waals surface area contributed by atoms with Crippen molar-refractivity contribution in [1.29, 1.82) is 0 Å². The van der Waals surface area contributed by atoms with Crippen molar-refractivity contribution >= 4 is 21.7 Å². The van der Waals surface area contributed by atoms with Gasteiger partial charge in [-0.05, 0) is 38.7 Å². The van der Waals surface area contributed by atoms with Crippen LogP contribution < -0.4 is 0 Å². The summed E-state index contributed by atoms with van der Waals surface area (Å²) in [5.74, 6) is 0.372. The van der Waals surface area contributed by atoms with Gasteiger partial charge in [0.05, 0.1) is 0 Å². The second-order valence-electron chi connectivity index (χ2n) is 1.51. The number of nitrogens with zero attached hydrogens (tertiary/aromatic N) is 4. The molecule has 0 aromatic carbocycles. The minimum atomic E-state index is 0.372. The fourth-order valence-electron chi connectivity index (χ4n) is 0.499. The lowest BCUT2D eigenvalue weighted by molar-refractivity contribution is 1.22. The van der Waals surface area contributed by atoms with Crippen LogP contribution >= 0.6 is 15.9 Å². The Morgan fingerprint density at radius 3 is 3.00 bits per heavy atom. The molecule has 0 bridgehead atoms. The van der Waals surface area contributed by atoms with Gasteiger partial charge in [0.25, 0.3) is 0 Å². The van der Waals surface area contributed by atoms with Crippen LogP contribution in [0.4, 0.5) is 5.82 Å². The summed E-state index contributed by atoms with van der Waals surface area (Å²) in [4.78, 5) is 6.45. The van der Waals surface area contributed by atoms with Gasteiger partial charge in [-0.15, -0.1) is 0 Å². The molecule has 0 atom stereocenters. The molecular weight excluding hydrogens is 196 g/mol. The number of aromatic nitrogens is 1. The molecule has 0 aliphatic rings. The summed E-state index contributed by atoms with van der Waals surface area (Å²) in [5, 5.41) is 3.31. The van der Waals surface area contributed by atoms with Crippen LogP contribution in [0.1, 0.15) is 0 Å². The number of pyridine rings is 1. The predicted octanol–water partition coefficient (Wildman–Crippen LogP) is 2.79. The van der Waals surface area contributed by atoms with Crippen molar-refractivity contribution in [3.63, 3.8) is 0 Å². The van der Waals surface area contributed by atoms with E-state index in [1.54, 1.807) is 18.2 Å². The first kappa shape index (κ1) is 7.05. The van der Waals surface area contributed by atoms with E-state index in [0.717, 1.165) is 0 Å². The molecule has 1 heterocycles. The lowest BCUT2D eigenvalue weighted by Crippen LogP contribution is -1.71. The van der Waals surface area contributed by atoms with E-state index >= 15 is 0 Å². The fourth-order valence-corrected chi connectivity index (χ4v) is 0.833. The minimum absolute atomic E-state index is 0.372. The van der Waals surface area contributed by atoms with Gasteiger partial charge in [0, 0.05) is 4.91 Å². The molecule has 0 fully saturated rings. The second kappa shape index (κ2) is 3.20. The van der Waals surface area contributed by atoms with Crippen LogP contribution in [0.5, 0.6) is 0 Å². The number of hydrogen-bond acceptors (Lipinski definition) is 2. The van der Waals surface area contributed by atoms with E-state index < -0.39 is 0 Å². The normalized spacial score (nSPS) is 8.50. The summed E-state index contributed by atoms with van der Waals surface area (Å²) in [6.07, 6.45) is 0. The summed E-state index contributed by atoms with van der Waals surface area (Å²) in [7, 11) is 0. The molecule has 50 valence electrons. The van der Waals surface area contributed by atoms with Gasteiger partial charge in [-0.3, -0.25) is 0 Å². The third-order valence-corrected chi connectivity index (χ3v) is 1.29. The van der Waals surface area contributed by atoms with Crippen molar-refractivity contribution in [1.82, 2.24) is 4.98 Å². The maximum atomic E-state index is 8.01. The largest absolute Gasteiger partial charge is 0.239 e. The standard InChI is InChI=1S/C5H3BrN4/c6-4-2-1-3-5(8-4)9-10-7/h1-3H. The van der Waals surface area contributed by atoms with Crippen LogP contribution in [-0.2, 0) is 0 Å². The summed E-state index contributed by atoms with van der Waals surface area (Å²) >= 11 is 3.14. The lowest BCUT2D eigenvalue weighted by atomic mass is 10.5. The first-order valence-corrected chi connectivity index (χ1v) is 3.30. The Morgan fingerprint density at radius 1 is 1.60 bits per heavy atom. The van der Waals surface area contributed by atoms with Crippen LogP contribution in [0.15, 0.2) is 27.9 Å². The minimum Gasteiger partial charge on any atom is -0.239 e. The Balaban J connectivity index is 3.06. The average Bonchev–Trinajstić information content (AvgIpc) is 1.88. The second-order valence-corrected chi connectivity index (χ2v) is 2.32. The molecule has 0 N–H and O–H groups in total. The molecule has 0 saturated carbocycles. The van der Waals surface area contributed by atoms with Crippen molar-refractivity contribution < 1.29 is 0 Å². The first-order chi connectivity index (χ1) is 4.83. The zero-order valence-corrected chi connectivity index (χ0v) is 6.48. The van der Waals surface area contributed by atoms with Crippen molar-refractivity contribution in [3.05, 3.63) is 33.2 Å². The van der Waals surface area contributed by atoms with Crippen LogP contribution in [0.25, 0.3) is 10.4 Å². The maximum absolute atomic E-state index is 8.01. The van der Waals surface area contributed by atoms with Crippen molar-refractivity contribution in [2.45, 2.75) is 0 Å². The molecular formula is C5H3BrN4. The fraction of sp³-hybridized carbons (Fsp3) is 0. The molecule has 10 heavy (non-hydrogen) atoms. The van der Waals surface area contributed by atoms with Gasteiger partial charge in [0.1, 0.15) is 10.4 Å². The summed E-state index contributed by atoms with van der Waals surface area (Å²) in [6, 6.07) is 5.14. The van der Waals surface area contributed by atoms with Crippen LogP contribution in [0.2, 0.25) is 0 Å². The molecule has 0 amide bonds. The van der Waals surface area contributed by atoms with Gasteiger partial charge in [-0.25, -0.2) is 4.98 Å². The Bertz CT molecular complexity index is 279. The Hall–Kier alpha value is -1.06. The molecule has 1 aromatic heterocycles. The number of hydrogen-bond donors (Lipinski definition) is 0. The lowest BCUT2D eigenvalue weighted by Gasteiger charge is -1.88. The average molecular weight is 199 g/mol. The van der Waals surface area contributed by atoms with Gasteiger partial charge in [-0.2, -0.15) is 0 Å². The van der Waals surface area contributed by atoms with Crippen LogP contribution in [0, 0.1) is 0 Å². The molecule has 5 heteroatoms. The number of azide groups is 1. The Labute approximate surface area is 65.7 Å². The highest BCUT2D eigenvalue weighted by atomic mass is 79.9. The van der Waals surface area contributed by atoms with E-state index in [9.17, 15) is 0 Å². The summed E-state index contributed by atoms with van der Waals surface area (Å²) in [6.45, 7) is 0. The smallest absolute Gasteiger partial charge is 0.128 e. The van der Waals surface area contributed by atoms with Crippen molar-refractivity contribution in [2.24, 2.45) is 5.11 Å². The quantitative estimate of drug-likeness (QED) is 0.297. The summed E-state index contributed by atoms with van der Waals surface area (Å²) in [5.41, 5.74) is 8.01. The van der Waals surface area contributed by atoms with E-state index in [0.29, 0.717) is 10.4 Å². The van der Waals surface area contributed by atoms with Crippen molar-refractivity contribution in [2.75, 3.05) is 0 Å². The predicted molar refractivity (Wildman–Crippen MR) is 40.7 cm³/mol. The topological polar surface area (TPSA) is 61.7 Å². The van der Waals surface area contributed by atoms with E-state index in [-0.39, 0.29) is 0 Å². The first-order valence-electron chi connectivity index (χ1n) is 2.50. The van der Waals surface area contributed by atoms with E-state index in [4.69, 9.17) is 5.53 Å². The molecule has 0 aliphatic carbocycles. The van der Waals surface area contributed by atoms with Crippen molar-refractivity contribution in [3.8, 4) is 0 Å². The molecule has 0 saturated heterocycles. The SMILES string of the molecule is [N-]=[N+]=Nc1cccc(Br)n1. The van der Waals surface area contributed by atoms with Crippen LogP contribution in [0.3, 0.4) is 0 Å². The molecule has 4 nitrogen and oxygen atoms in total. The number of rotatable bonds is 1. The third-order valence-electron chi connectivity index (χ3n) is 0.848. The zero-order valence-electron chi connectivity index (χ0n) is 4.90. The highest BCUT2D eigenvalue weighted by Crippen LogP contribution is 2.12. The molecule has 0 radical (unpaired) electrons. The molecule has 0 unspecified atom stereocenters. The van der Waals surface area contributed by atoms with E-state index in [1.165, 1.54) is 0 Å². The van der Waals surface area contributed by atoms with Gasteiger partial charge in [0.2, 0.25) is 0 Å². The molecule has 1 rings (SSSR count). The van der Waals surface area contributed by atoms with E-state index in [1.807, 2.05) is 0 Å². The summed E-state index contributed by atoms with van der Waals surface area (Å²) < 4.78 is 0.664. The third kappa shape index (κ3) is 1.72. The highest BCUT2D eigenvalue weighted by Gasteiger charge is 1.88. The maximum Gasteiger partial charge on any atom is 0.128 e. The van der Waals surface area contributed by atoms with E-state index in [2.05, 4.69) is 30.9 Å².